The predicted molar refractivity (Wildman–Crippen MR) is 81.8 cm³/mol. The normalized spacial score (nSPS) is 12.1. The Morgan fingerprint density at radius 1 is 1.43 bits per heavy atom. The van der Waals surface area contributed by atoms with Gasteiger partial charge in [0, 0.05) is 20.3 Å². The molecule has 0 aliphatic carbocycles. The molecular formula is C14H20ClN3O3. The van der Waals surface area contributed by atoms with E-state index in [2.05, 4.69) is 10.3 Å². The number of nitrogens with zero attached hydrogens (tertiary/aromatic N) is 2. The van der Waals surface area contributed by atoms with Crippen LogP contribution in [-0.4, -0.2) is 47.0 Å². The molecule has 1 aromatic heterocycles. The second-order valence-corrected chi connectivity index (χ2v) is 5.83. The van der Waals surface area contributed by atoms with Crippen LogP contribution in [0.5, 0.6) is 0 Å². The first-order valence-corrected chi connectivity index (χ1v) is 6.96. The summed E-state index contributed by atoms with van der Waals surface area (Å²) in [6, 6.07) is 0.707. The second kappa shape index (κ2) is 7.26. The third kappa shape index (κ3) is 4.90. The largest absolute Gasteiger partial charge is 0.480 e. The number of carboxylic acid groups (broad SMARTS) is 1. The first-order valence-electron chi connectivity index (χ1n) is 6.59. The highest BCUT2D eigenvalue weighted by molar-refractivity contribution is 6.33. The summed E-state index contributed by atoms with van der Waals surface area (Å²) >= 11 is 6.07. The molecule has 1 atom stereocenters. The molecule has 1 unspecified atom stereocenters. The van der Waals surface area contributed by atoms with Crippen LogP contribution in [0.15, 0.2) is 12.3 Å². The number of aliphatic carboxylic acids is 1. The van der Waals surface area contributed by atoms with Crippen LogP contribution in [0.25, 0.3) is 0 Å². The minimum absolute atomic E-state index is 0.215. The molecule has 21 heavy (non-hydrogen) atoms. The lowest BCUT2D eigenvalue weighted by atomic mass is 10.0. The van der Waals surface area contributed by atoms with Crippen LogP contribution in [-0.2, 0) is 4.79 Å². The molecule has 0 fully saturated rings. The van der Waals surface area contributed by atoms with Gasteiger partial charge in [-0.3, -0.25) is 4.79 Å². The Balaban J connectivity index is 2.94. The van der Waals surface area contributed by atoms with Gasteiger partial charge in [-0.05, 0) is 18.4 Å². The number of carboxylic acids is 1. The summed E-state index contributed by atoms with van der Waals surface area (Å²) in [5, 5.41) is 12.2. The number of carbonyl (C=O) groups excluding carboxylic acids is 1. The zero-order valence-corrected chi connectivity index (χ0v) is 13.3. The lowest BCUT2D eigenvalue weighted by Gasteiger charge is -2.18. The SMILES string of the molecule is CC(C)CC(Nc1ncc(C(=O)N(C)C)cc1Cl)C(=O)O. The molecule has 0 spiro atoms. The minimum Gasteiger partial charge on any atom is -0.480 e. The summed E-state index contributed by atoms with van der Waals surface area (Å²) in [6.45, 7) is 3.87. The molecule has 0 bridgehead atoms. The number of aromatic nitrogens is 1. The van der Waals surface area contributed by atoms with Gasteiger partial charge in [-0.15, -0.1) is 0 Å². The lowest BCUT2D eigenvalue weighted by Crippen LogP contribution is -2.31. The first kappa shape index (κ1) is 17.2. The standard InChI is InChI=1S/C14H20ClN3O3/c1-8(2)5-11(14(20)21)17-12-10(15)6-9(7-16-12)13(19)18(3)4/h6-8,11H,5H2,1-4H3,(H,16,17)(H,20,21). The molecule has 7 heteroatoms. The maximum absolute atomic E-state index is 11.8. The molecular weight excluding hydrogens is 294 g/mol. The number of amides is 1. The number of rotatable bonds is 6. The quantitative estimate of drug-likeness (QED) is 0.842. The van der Waals surface area contributed by atoms with Crippen LogP contribution in [0, 0.1) is 5.92 Å². The molecule has 0 radical (unpaired) electrons. The van der Waals surface area contributed by atoms with Gasteiger partial charge in [0.25, 0.3) is 5.91 Å². The van der Waals surface area contributed by atoms with Crippen LogP contribution in [0.3, 0.4) is 0 Å². The molecule has 1 aromatic rings. The number of hydrogen-bond acceptors (Lipinski definition) is 4. The summed E-state index contributed by atoms with van der Waals surface area (Å²) in [4.78, 5) is 28.5. The fourth-order valence-electron chi connectivity index (χ4n) is 1.78. The highest BCUT2D eigenvalue weighted by Crippen LogP contribution is 2.22. The van der Waals surface area contributed by atoms with E-state index in [1.807, 2.05) is 13.8 Å². The Labute approximate surface area is 129 Å². The Morgan fingerprint density at radius 2 is 2.05 bits per heavy atom. The number of nitrogens with one attached hydrogen (secondary N) is 1. The van der Waals surface area contributed by atoms with E-state index < -0.39 is 12.0 Å². The fraction of sp³-hybridized carbons (Fsp3) is 0.500. The molecule has 2 N–H and O–H groups in total. The number of carbonyl (C=O) groups is 2. The zero-order chi connectivity index (χ0) is 16.2. The highest BCUT2D eigenvalue weighted by Gasteiger charge is 2.21. The van der Waals surface area contributed by atoms with Crippen LogP contribution in [0.2, 0.25) is 5.02 Å². The Kier molecular flexibility index (Phi) is 5.96. The summed E-state index contributed by atoms with van der Waals surface area (Å²) in [6.07, 6.45) is 1.83. The van der Waals surface area contributed by atoms with E-state index in [9.17, 15) is 14.7 Å². The number of halogens is 1. The van der Waals surface area contributed by atoms with Gasteiger partial charge in [0.05, 0.1) is 10.6 Å². The predicted octanol–water partition coefficient (Wildman–Crippen LogP) is 2.35. The van der Waals surface area contributed by atoms with Crippen molar-refractivity contribution in [3.05, 3.63) is 22.8 Å². The third-order valence-electron chi connectivity index (χ3n) is 2.81. The molecule has 0 aromatic carbocycles. The zero-order valence-electron chi connectivity index (χ0n) is 12.6. The fourth-order valence-corrected chi connectivity index (χ4v) is 2.00. The summed E-state index contributed by atoms with van der Waals surface area (Å²) < 4.78 is 0. The van der Waals surface area contributed by atoms with Crippen LogP contribution in [0.4, 0.5) is 5.82 Å². The summed E-state index contributed by atoms with van der Waals surface area (Å²) in [5.41, 5.74) is 0.353. The Hall–Kier alpha value is -1.82. The molecule has 0 aliphatic heterocycles. The maximum atomic E-state index is 11.8. The maximum Gasteiger partial charge on any atom is 0.326 e. The van der Waals surface area contributed by atoms with Crippen molar-refractivity contribution in [2.24, 2.45) is 5.92 Å². The van der Waals surface area contributed by atoms with Gasteiger partial charge < -0.3 is 15.3 Å². The van der Waals surface area contributed by atoms with Gasteiger partial charge in [0.2, 0.25) is 0 Å². The van der Waals surface area contributed by atoms with Crippen molar-refractivity contribution >= 4 is 29.3 Å². The molecule has 1 amide bonds. The van der Waals surface area contributed by atoms with Crippen molar-refractivity contribution in [2.45, 2.75) is 26.3 Å². The van der Waals surface area contributed by atoms with E-state index in [1.54, 1.807) is 14.1 Å². The smallest absolute Gasteiger partial charge is 0.326 e. The average Bonchev–Trinajstić information content (AvgIpc) is 2.38. The van der Waals surface area contributed by atoms with Crippen LogP contribution < -0.4 is 5.32 Å². The van der Waals surface area contributed by atoms with Crippen molar-refractivity contribution < 1.29 is 14.7 Å². The number of anilines is 1. The van der Waals surface area contributed by atoms with E-state index in [4.69, 9.17) is 11.6 Å². The van der Waals surface area contributed by atoms with E-state index in [0.29, 0.717) is 12.0 Å². The van der Waals surface area contributed by atoms with Gasteiger partial charge >= 0.3 is 5.97 Å². The molecule has 0 saturated carbocycles. The van der Waals surface area contributed by atoms with Gasteiger partial charge in [-0.2, -0.15) is 0 Å². The van der Waals surface area contributed by atoms with E-state index in [-0.39, 0.29) is 22.7 Å². The molecule has 1 rings (SSSR count). The van der Waals surface area contributed by atoms with Gasteiger partial charge in [-0.25, -0.2) is 9.78 Å². The lowest BCUT2D eigenvalue weighted by molar-refractivity contribution is -0.138. The van der Waals surface area contributed by atoms with Crippen molar-refractivity contribution in [1.29, 1.82) is 0 Å². The molecule has 6 nitrogen and oxygen atoms in total. The number of pyridine rings is 1. The molecule has 116 valence electrons. The van der Waals surface area contributed by atoms with Gasteiger partial charge in [0.15, 0.2) is 0 Å². The van der Waals surface area contributed by atoms with Crippen molar-refractivity contribution in [2.75, 3.05) is 19.4 Å². The van der Waals surface area contributed by atoms with Gasteiger partial charge in [-0.1, -0.05) is 25.4 Å². The second-order valence-electron chi connectivity index (χ2n) is 5.42. The molecule has 0 saturated heterocycles. The molecule has 1 heterocycles. The summed E-state index contributed by atoms with van der Waals surface area (Å²) in [7, 11) is 3.26. The third-order valence-corrected chi connectivity index (χ3v) is 3.10. The van der Waals surface area contributed by atoms with E-state index >= 15 is 0 Å². The summed E-state index contributed by atoms with van der Waals surface area (Å²) in [5.74, 6) is -0.699. The van der Waals surface area contributed by atoms with Crippen molar-refractivity contribution in [1.82, 2.24) is 9.88 Å². The van der Waals surface area contributed by atoms with Crippen LogP contribution in [0.1, 0.15) is 30.6 Å². The topological polar surface area (TPSA) is 82.5 Å². The first-order chi connectivity index (χ1) is 9.72. The van der Waals surface area contributed by atoms with Crippen molar-refractivity contribution in [3.63, 3.8) is 0 Å². The van der Waals surface area contributed by atoms with Crippen molar-refractivity contribution in [3.8, 4) is 0 Å². The number of hydrogen-bond donors (Lipinski definition) is 2. The van der Waals surface area contributed by atoms with Gasteiger partial charge in [0.1, 0.15) is 11.9 Å². The monoisotopic (exact) mass is 313 g/mol. The highest BCUT2D eigenvalue weighted by atomic mass is 35.5. The minimum atomic E-state index is -0.963. The van der Waals surface area contributed by atoms with E-state index in [1.165, 1.54) is 17.2 Å². The molecule has 0 aliphatic rings. The Morgan fingerprint density at radius 3 is 2.48 bits per heavy atom. The van der Waals surface area contributed by atoms with Crippen LogP contribution >= 0.6 is 11.6 Å². The average molecular weight is 314 g/mol. The Bertz CT molecular complexity index is 532. The van der Waals surface area contributed by atoms with E-state index in [0.717, 1.165) is 0 Å².